The molecule has 9 heteroatoms. The van der Waals surface area contributed by atoms with Crippen molar-refractivity contribution in [2.24, 2.45) is 17.4 Å². The van der Waals surface area contributed by atoms with E-state index < -0.39 is 17.7 Å². The van der Waals surface area contributed by atoms with Gasteiger partial charge in [-0.15, -0.1) is 0 Å². The number of nitrogens with one attached hydrogen (secondary N) is 1. The number of carbonyl (C=O) groups excluding carboxylic acids is 3. The van der Waals surface area contributed by atoms with Gasteiger partial charge in [0.25, 0.3) is 0 Å². The zero-order chi connectivity index (χ0) is 18.1. The summed E-state index contributed by atoms with van der Waals surface area (Å²) in [5, 5.41) is 3.33. The number of amides is 1. The lowest BCUT2D eigenvalue weighted by atomic mass is 9.80. The molecule has 2 saturated heterocycles. The van der Waals surface area contributed by atoms with Crippen molar-refractivity contribution in [3.05, 3.63) is 22.5 Å². The van der Waals surface area contributed by atoms with Crippen LogP contribution in [0.1, 0.15) is 13.3 Å². The summed E-state index contributed by atoms with van der Waals surface area (Å²) in [7, 11) is 1.56. The highest BCUT2D eigenvalue weighted by Crippen LogP contribution is 2.56. The van der Waals surface area contributed by atoms with E-state index in [1.807, 2.05) is 4.90 Å². The summed E-state index contributed by atoms with van der Waals surface area (Å²) in [5.41, 5.74) is 11.0. The van der Waals surface area contributed by atoms with Crippen LogP contribution in [-0.4, -0.2) is 60.6 Å². The Balaban J connectivity index is 1.78. The highest BCUT2D eigenvalue weighted by Gasteiger charge is 2.72. The number of methoxy groups -OCH3 is 1. The van der Waals surface area contributed by atoms with Crippen LogP contribution in [0.25, 0.3) is 0 Å². The Hall–Kier alpha value is -2.39. The molecule has 0 aromatic heterocycles. The molecule has 4 rings (SSSR count). The van der Waals surface area contributed by atoms with Crippen LogP contribution in [0, 0.1) is 5.92 Å². The molecule has 1 aliphatic carbocycles. The van der Waals surface area contributed by atoms with Crippen LogP contribution in [0.5, 0.6) is 0 Å². The Morgan fingerprint density at radius 1 is 1.40 bits per heavy atom. The van der Waals surface area contributed by atoms with Gasteiger partial charge in [-0.1, -0.05) is 0 Å². The fourth-order valence-corrected chi connectivity index (χ4v) is 4.57. The van der Waals surface area contributed by atoms with Crippen molar-refractivity contribution in [3.8, 4) is 0 Å². The number of nitrogens with zero attached hydrogens (tertiary/aromatic N) is 1. The topological polar surface area (TPSA) is 147 Å². The van der Waals surface area contributed by atoms with Crippen LogP contribution >= 0.6 is 0 Å². The predicted octanol–water partition coefficient (Wildman–Crippen LogP) is -1.26. The lowest BCUT2D eigenvalue weighted by Gasteiger charge is -2.40. The van der Waals surface area contributed by atoms with E-state index in [0.29, 0.717) is 24.2 Å². The second kappa shape index (κ2) is 5.06. The fourth-order valence-electron chi connectivity index (χ4n) is 4.57. The lowest BCUT2D eigenvalue weighted by Crippen LogP contribution is -2.54. The second-order valence-corrected chi connectivity index (χ2v) is 6.79. The molecule has 4 atom stereocenters. The van der Waals surface area contributed by atoms with Crippen molar-refractivity contribution in [1.82, 2.24) is 10.2 Å². The first kappa shape index (κ1) is 16.1. The monoisotopic (exact) mass is 348 g/mol. The molecule has 1 amide bonds. The van der Waals surface area contributed by atoms with Crippen molar-refractivity contribution >= 4 is 17.7 Å². The van der Waals surface area contributed by atoms with E-state index in [2.05, 4.69) is 5.32 Å². The average molecular weight is 348 g/mol. The smallest absolute Gasteiger partial charge is 0.404 e. The third kappa shape index (κ3) is 1.87. The Morgan fingerprint density at radius 3 is 2.76 bits per heavy atom. The SMILES string of the molecule is CO[C@@]12[C@H](CCOC(N)=O)C3=C(C(=O)C(C)=C(N)C3=O)N1C[C@@H]1N[C@@H]12. The zero-order valence-electron chi connectivity index (χ0n) is 14.0. The number of hydrogen-bond donors (Lipinski definition) is 3. The third-order valence-electron chi connectivity index (χ3n) is 5.73. The number of primary amides is 1. The van der Waals surface area contributed by atoms with E-state index in [4.69, 9.17) is 20.9 Å². The van der Waals surface area contributed by atoms with Gasteiger partial charge in [0, 0.05) is 36.8 Å². The first-order chi connectivity index (χ1) is 11.8. The quantitative estimate of drug-likeness (QED) is 0.421. The number of allylic oxidation sites excluding steroid dienone is 2. The maximum atomic E-state index is 12.9. The molecule has 0 bridgehead atoms. The molecule has 3 heterocycles. The van der Waals surface area contributed by atoms with Crippen molar-refractivity contribution < 1.29 is 23.9 Å². The molecule has 0 aromatic rings. The molecule has 0 radical (unpaired) electrons. The summed E-state index contributed by atoms with van der Waals surface area (Å²) in [4.78, 5) is 38.5. The average Bonchev–Trinajstić information content (AvgIpc) is 3.19. The Labute approximate surface area is 144 Å². The predicted molar refractivity (Wildman–Crippen MR) is 84.7 cm³/mol. The van der Waals surface area contributed by atoms with Gasteiger partial charge in [-0.2, -0.15) is 0 Å². The summed E-state index contributed by atoms with van der Waals surface area (Å²) in [5.74, 6) is -1.03. The van der Waals surface area contributed by atoms with Crippen LogP contribution in [0.4, 0.5) is 4.79 Å². The summed E-state index contributed by atoms with van der Waals surface area (Å²) >= 11 is 0. The van der Waals surface area contributed by atoms with Gasteiger partial charge < -0.3 is 31.2 Å². The van der Waals surface area contributed by atoms with Crippen molar-refractivity contribution in [2.45, 2.75) is 31.2 Å². The molecule has 0 spiro atoms. The van der Waals surface area contributed by atoms with Crippen LogP contribution in [-0.2, 0) is 19.1 Å². The van der Waals surface area contributed by atoms with Gasteiger partial charge in [0.05, 0.1) is 24.0 Å². The number of ketones is 2. The Bertz CT molecular complexity index is 772. The number of fused-ring (bicyclic) bond motifs is 4. The molecule has 0 unspecified atom stereocenters. The molecular weight excluding hydrogens is 328 g/mol. The van der Waals surface area contributed by atoms with E-state index in [1.165, 1.54) is 0 Å². The lowest BCUT2D eigenvalue weighted by molar-refractivity contribution is -0.133. The maximum Gasteiger partial charge on any atom is 0.404 e. The van der Waals surface area contributed by atoms with E-state index in [-0.39, 0.29) is 41.5 Å². The summed E-state index contributed by atoms with van der Waals surface area (Å²) < 4.78 is 10.8. The van der Waals surface area contributed by atoms with Gasteiger partial charge in [0.1, 0.15) is 0 Å². The number of rotatable bonds is 4. The third-order valence-corrected chi connectivity index (χ3v) is 5.73. The summed E-state index contributed by atoms with van der Waals surface area (Å²) in [6.07, 6.45) is -0.576. The van der Waals surface area contributed by atoms with E-state index in [9.17, 15) is 14.4 Å². The second-order valence-electron chi connectivity index (χ2n) is 6.79. The standard InChI is InChI=1S/C16H20N4O5/c1-6-10(17)13(22)9-7(3-4-25-15(18)23)16(24-2)14-8(19-14)5-20(16)11(9)12(6)21/h7-8,14,19H,3-5,17H2,1-2H3,(H2,18,23)/t7-,8+,14+,16-/m1/s1. The minimum absolute atomic E-state index is 0.00353. The van der Waals surface area contributed by atoms with E-state index in [1.54, 1.807) is 14.0 Å². The number of nitrogens with two attached hydrogens (primary N) is 2. The zero-order valence-corrected chi connectivity index (χ0v) is 14.0. The molecule has 0 saturated carbocycles. The van der Waals surface area contributed by atoms with Crippen LogP contribution in [0.3, 0.4) is 0 Å². The van der Waals surface area contributed by atoms with E-state index >= 15 is 0 Å². The summed E-state index contributed by atoms with van der Waals surface area (Å²) in [6, 6.07) is 0.212. The van der Waals surface area contributed by atoms with Crippen LogP contribution < -0.4 is 16.8 Å². The number of ether oxygens (including phenoxy) is 2. The molecule has 2 fully saturated rings. The molecule has 25 heavy (non-hydrogen) atoms. The molecule has 3 aliphatic heterocycles. The largest absolute Gasteiger partial charge is 0.450 e. The highest BCUT2D eigenvalue weighted by molar-refractivity contribution is 6.25. The molecule has 5 N–H and O–H groups in total. The van der Waals surface area contributed by atoms with Gasteiger partial charge in [0.15, 0.2) is 5.72 Å². The molecule has 134 valence electrons. The maximum absolute atomic E-state index is 12.9. The van der Waals surface area contributed by atoms with Gasteiger partial charge in [-0.3, -0.25) is 9.59 Å². The molecular formula is C16H20N4O5. The number of carbonyl (C=O) groups is 3. The first-order valence-electron chi connectivity index (χ1n) is 8.15. The van der Waals surface area contributed by atoms with Gasteiger partial charge in [0.2, 0.25) is 11.6 Å². The minimum atomic E-state index is -0.884. The Kier molecular flexibility index (Phi) is 3.26. The number of piperazine rings is 1. The van der Waals surface area contributed by atoms with Gasteiger partial charge in [-0.05, 0) is 13.3 Å². The number of Topliss-reactive ketones (excluding diaryl/α,β-unsaturated/α-hetero) is 2. The van der Waals surface area contributed by atoms with Crippen LogP contribution in [0.2, 0.25) is 0 Å². The van der Waals surface area contributed by atoms with Crippen molar-refractivity contribution in [2.75, 3.05) is 20.3 Å². The first-order valence-corrected chi connectivity index (χ1v) is 8.15. The number of hydrogen-bond acceptors (Lipinski definition) is 8. The Morgan fingerprint density at radius 2 is 2.12 bits per heavy atom. The van der Waals surface area contributed by atoms with Crippen molar-refractivity contribution in [1.29, 1.82) is 0 Å². The fraction of sp³-hybridized carbons (Fsp3) is 0.562. The van der Waals surface area contributed by atoms with Crippen LogP contribution in [0.15, 0.2) is 22.5 Å². The van der Waals surface area contributed by atoms with Gasteiger partial charge in [-0.25, -0.2) is 4.79 Å². The molecule has 4 aliphatic rings. The highest BCUT2D eigenvalue weighted by atomic mass is 16.5. The minimum Gasteiger partial charge on any atom is -0.450 e. The van der Waals surface area contributed by atoms with E-state index in [0.717, 1.165) is 0 Å². The molecule has 0 aromatic carbocycles. The van der Waals surface area contributed by atoms with Gasteiger partial charge >= 0.3 is 6.09 Å². The molecule has 9 nitrogen and oxygen atoms in total. The normalized spacial score (nSPS) is 35.8. The van der Waals surface area contributed by atoms with Crippen molar-refractivity contribution in [3.63, 3.8) is 0 Å². The summed E-state index contributed by atoms with van der Waals surface area (Å²) in [6.45, 7) is 2.17.